The van der Waals surface area contributed by atoms with Crippen molar-refractivity contribution in [1.29, 1.82) is 0 Å². The van der Waals surface area contributed by atoms with E-state index >= 15 is 0 Å². The minimum absolute atomic E-state index is 0.132. The van der Waals surface area contributed by atoms with Crippen LogP contribution >= 0.6 is 11.3 Å². The summed E-state index contributed by atoms with van der Waals surface area (Å²) in [6.07, 6.45) is 0.739. The van der Waals surface area contributed by atoms with E-state index in [4.69, 9.17) is 0 Å². The molecule has 6 nitrogen and oxygen atoms in total. The van der Waals surface area contributed by atoms with Crippen LogP contribution in [0.2, 0.25) is 0 Å². The average Bonchev–Trinajstić information content (AvgIpc) is 3.00. The van der Waals surface area contributed by atoms with E-state index in [1.54, 1.807) is 0 Å². The second-order valence-corrected chi connectivity index (χ2v) is 6.61. The summed E-state index contributed by atoms with van der Waals surface area (Å²) >= 11 is 1.30. The highest BCUT2D eigenvalue weighted by Crippen LogP contribution is 2.16. The van der Waals surface area contributed by atoms with Crippen molar-refractivity contribution in [3.8, 4) is 0 Å². The van der Waals surface area contributed by atoms with Gasteiger partial charge in [-0.05, 0) is 36.6 Å². The Morgan fingerprint density at radius 3 is 2.42 bits per heavy atom. The van der Waals surface area contributed by atoms with E-state index in [0.717, 1.165) is 11.4 Å². The molecule has 2 rings (SSSR count). The Morgan fingerprint density at radius 1 is 1.21 bits per heavy atom. The molecule has 0 aliphatic carbocycles. The molecule has 1 heterocycles. The lowest BCUT2D eigenvalue weighted by molar-refractivity contribution is -0.118. The lowest BCUT2D eigenvalue weighted by atomic mass is 10.0. The van der Waals surface area contributed by atoms with E-state index in [2.05, 4.69) is 20.8 Å². The van der Waals surface area contributed by atoms with Crippen LogP contribution < -0.4 is 10.6 Å². The Morgan fingerprint density at radius 2 is 1.88 bits per heavy atom. The van der Waals surface area contributed by atoms with Gasteiger partial charge in [-0.1, -0.05) is 32.1 Å². The maximum atomic E-state index is 12.9. The van der Waals surface area contributed by atoms with E-state index in [1.807, 2.05) is 20.8 Å². The van der Waals surface area contributed by atoms with Crippen molar-refractivity contribution < 1.29 is 14.0 Å². The molecular formula is C16H19FN4O2S. The molecule has 0 spiro atoms. The summed E-state index contributed by atoms with van der Waals surface area (Å²) in [5.41, 5.74) is 0.291. The van der Waals surface area contributed by atoms with Crippen molar-refractivity contribution >= 4 is 28.3 Å². The van der Waals surface area contributed by atoms with E-state index in [9.17, 15) is 14.0 Å². The van der Waals surface area contributed by atoms with Crippen molar-refractivity contribution in [2.45, 2.75) is 33.2 Å². The molecule has 128 valence electrons. The van der Waals surface area contributed by atoms with Gasteiger partial charge in [-0.25, -0.2) is 4.39 Å². The van der Waals surface area contributed by atoms with Gasteiger partial charge in [0.2, 0.25) is 11.0 Å². The van der Waals surface area contributed by atoms with Gasteiger partial charge in [-0.15, -0.1) is 10.2 Å². The van der Waals surface area contributed by atoms with Crippen LogP contribution in [0.25, 0.3) is 0 Å². The van der Waals surface area contributed by atoms with Gasteiger partial charge in [0, 0.05) is 5.56 Å². The lowest BCUT2D eigenvalue weighted by Gasteiger charge is -2.21. The number of carbonyl (C=O) groups is 2. The van der Waals surface area contributed by atoms with Crippen LogP contribution in [0.3, 0.4) is 0 Å². The van der Waals surface area contributed by atoms with Crippen molar-refractivity contribution in [2.75, 3.05) is 5.32 Å². The summed E-state index contributed by atoms with van der Waals surface area (Å²) in [6, 6.07) is 4.41. The highest BCUT2D eigenvalue weighted by molar-refractivity contribution is 7.15. The van der Waals surface area contributed by atoms with E-state index < -0.39 is 17.8 Å². The molecule has 0 saturated heterocycles. The summed E-state index contributed by atoms with van der Waals surface area (Å²) in [7, 11) is 0. The first-order valence-electron chi connectivity index (χ1n) is 7.60. The quantitative estimate of drug-likeness (QED) is 0.839. The smallest absolute Gasteiger partial charge is 0.251 e. The molecule has 8 heteroatoms. The minimum Gasteiger partial charge on any atom is -0.340 e. The number of anilines is 1. The van der Waals surface area contributed by atoms with Crippen LogP contribution in [0.5, 0.6) is 0 Å². The first-order valence-corrected chi connectivity index (χ1v) is 8.42. The van der Waals surface area contributed by atoms with Crippen LogP contribution in [0.1, 0.15) is 36.1 Å². The average molecular weight is 350 g/mol. The van der Waals surface area contributed by atoms with E-state index in [-0.39, 0.29) is 11.8 Å². The predicted molar refractivity (Wildman–Crippen MR) is 90.4 cm³/mol. The summed E-state index contributed by atoms with van der Waals surface area (Å²) in [6.45, 7) is 5.60. The van der Waals surface area contributed by atoms with Crippen molar-refractivity contribution in [3.63, 3.8) is 0 Å². The molecule has 2 N–H and O–H groups in total. The molecule has 0 saturated carbocycles. The number of benzene rings is 1. The third-order valence-corrected chi connectivity index (χ3v) is 4.32. The molecule has 0 bridgehead atoms. The number of nitrogens with zero attached hydrogens (tertiary/aromatic N) is 2. The number of rotatable bonds is 6. The number of hydrogen-bond donors (Lipinski definition) is 2. The number of carbonyl (C=O) groups excluding carboxylic acids is 2. The van der Waals surface area contributed by atoms with Crippen molar-refractivity contribution in [2.24, 2.45) is 5.92 Å². The number of nitrogens with one attached hydrogen (secondary N) is 2. The Hall–Kier alpha value is -2.35. The largest absolute Gasteiger partial charge is 0.340 e. The van der Waals surface area contributed by atoms with E-state index in [1.165, 1.54) is 35.6 Å². The highest BCUT2D eigenvalue weighted by atomic mass is 32.1. The van der Waals surface area contributed by atoms with E-state index in [0.29, 0.717) is 10.7 Å². The number of aromatic nitrogens is 2. The molecule has 2 aromatic rings. The van der Waals surface area contributed by atoms with Crippen LogP contribution in [0.15, 0.2) is 24.3 Å². The maximum absolute atomic E-state index is 12.9. The highest BCUT2D eigenvalue weighted by Gasteiger charge is 2.25. The SMILES string of the molecule is CCc1nnc(NC(=O)[C@@H](NC(=O)c2ccc(F)cc2)C(C)C)s1. The van der Waals surface area contributed by atoms with Crippen LogP contribution in [0.4, 0.5) is 9.52 Å². The summed E-state index contributed by atoms with van der Waals surface area (Å²) in [5.74, 6) is -1.35. The van der Waals surface area contributed by atoms with Crippen LogP contribution in [-0.4, -0.2) is 28.1 Å². The molecule has 1 aromatic carbocycles. The van der Waals surface area contributed by atoms with Crippen molar-refractivity contribution in [3.05, 3.63) is 40.7 Å². The third-order valence-electron chi connectivity index (χ3n) is 3.34. The lowest BCUT2D eigenvalue weighted by Crippen LogP contribution is -2.47. The molecule has 1 atom stereocenters. The van der Waals surface area contributed by atoms with Gasteiger partial charge in [-0.3, -0.25) is 14.9 Å². The van der Waals surface area contributed by atoms with Gasteiger partial charge in [0.1, 0.15) is 16.9 Å². The number of aryl methyl sites for hydroxylation is 1. The fraction of sp³-hybridized carbons (Fsp3) is 0.375. The Labute approximate surface area is 143 Å². The molecule has 0 aliphatic rings. The monoisotopic (exact) mass is 350 g/mol. The molecule has 0 fully saturated rings. The third kappa shape index (κ3) is 4.58. The van der Waals surface area contributed by atoms with Gasteiger partial charge < -0.3 is 5.32 Å². The molecule has 0 unspecified atom stereocenters. The van der Waals surface area contributed by atoms with Crippen LogP contribution in [-0.2, 0) is 11.2 Å². The molecule has 0 radical (unpaired) electrons. The first-order chi connectivity index (χ1) is 11.4. The standard InChI is InChI=1S/C16H19FN4O2S/c1-4-12-20-21-16(24-12)19-15(23)13(9(2)3)18-14(22)10-5-7-11(17)8-6-10/h5-9,13H,4H2,1-3H3,(H,18,22)(H,19,21,23)/t13-/m0/s1. The van der Waals surface area contributed by atoms with Crippen molar-refractivity contribution in [1.82, 2.24) is 15.5 Å². The number of halogens is 1. The van der Waals surface area contributed by atoms with Gasteiger partial charge >= 0.3 is 0 Å². The zero-order valence-corrected chi connectivity index (χ0v) is 14.5. The molecule has 0 aliphatic heterocycles. The van der Waals surface area contributed by atoms with Gasteiger partial charge in [0.05, 0.1) is 0 Å². The Bertz CT molecular complexity index is 715. The summed E-state index contributed by atoms with van der Waals surface area (Å²) < 4.78 is 12.9. The summed E-state index contributed by atoms with van der Waals surface area (Å²) in [4.78, 5) is 24.7. The number of hydrogen-bond acceptors (Lipinski definition) is 5. The van der Waals surface area contributed by atoms with Gasteiger partial charge in [0.15, 0.2) is 0 Å². The Balaban J connectivity index is 2.06. The van der Waals surface area contributed by atoms with Gasteiger partial charge in [0.25, 0.3) is 5.91 Å². The molecular weight excluding hydrogens is 331 g/mol. The zero-order chi connectivity index (χ0) is 17.7. The summed E-state index contributed by atoms with van der Waals surface area (Å²) in [5, 5.41) is 14.4. The van der Waals surface area contributed by atoms with Gasteiger partial charge in [-0.2, -0.15) is 0 Å². The molecule has 1 aromatic heterocycles. The molecule has 24 heavy (non-hydrogen) atoms. The fourth-order valence-electron chi connectivity index (χ4n) is 1.99. The zero-order valence-electron chi connectivity index (χ0n) is 13.7. The second kappa shape index (κ2) is 7.96. The Kier molecular flexibility index (Phi) is 5.97. The second-order valence-electron chi connectivity index (χ2n) is 5.55. The topological polar surface area (TPSA) is 84.0 Å². The fourth-order valence-corrected chi connectivity index (χ4v) is 2.67. The maximum Gasteiger partial charge on any atom is 0.251 e. The normalized spacial score (nSPS) is 12.0. The number of amides is 2. The molecule has 2 amide bonds. The predicted octanol–water partition coefficient (Wildman–Crippen LogP) is 2.63. The first kappa shape index (κ1) is 18.0. The van der Waals surface area contributed by atoms with Crippen LogP contribution in [0, 0.1) is 11.7 Å². The minimum atomic E-state index is -0.739.